The zero-order valence-electron chi connectivity index (χ0n) is 5.91. The van der Waals surface area contributed by atoms with Crippen LogP contribution < -0.4 is 15.9 Å². The molecule has 0 saturated heterocycles. The number of rotatable bonds is 5. The van der Waals surface area contributed by atoms with Gasteiger partial charge in [0.25, 0.3) is 0 Å². The largest absolute Gasteiger partial charge is 0.550 e. The molecule has 0 saturated carbocycles. The molecule has 0 amide bonds. The summed E-state index contributed by atoms with van der Waals surface area (Å²) < 4.78 is 0. The molecule has 0 fully saturated rings. The molecule has 0 heterocycles. The SMILES string of the molecule is NC(CCCC(=O)[O-])C(=O)[O-]. The Balaban J connectivity index is 3.39. The third-order valence-corrected chi connectivity index (χ3v) is 1.20. The van der Waals surface area contributed by atoms with Crippen molar-refractivity contribution in [2.45, 2.75) is 25.3 Å². The van der Waals surface area contributed by atoms with Gasteiger partial charge in [-0.25, -0.2) is 0 Å². The summed E-state index contributed by atoms with van der Waals surface area (Å²) in [5.41, 5.74) is 5.03. The number of hydrogen-bond acceptors (Lipinski definition) is 5. The minimum Gasteiger partial charge on any atom is -0.550 e. The van der Waals surface area contributed by atoms with Crippen LogP contribution in [0.25, 0.3) is 0 Å². The average Bonchev–Trinajstić information content (AvgIpc) is 1.86. The smallest absolute Gasteiger partial charge is 0.0582 e. The zero-order chi connectivity index (χ0) is 8.85. The Bertz CT molecular complexity index is 157. The van der Waals surface area contributed by atoms with Gasteiger partial charge in [-0.15, -0.1) is 0 Å². The van der Waals surface area contributed by atoms with Gasteiger partial charge in [-0.1, -0.05) is 0 Å². The highest BCUT2D eigenvalue weighted by atomic mass is 16.4. The molecule has 0 rings (SSSR count). The van der Waals surface area contributed by atoms with E-state index in [2.05, 4.69) is 0 Å². The number of carboxylic acid groups (broad SMARTS) is 2. The number of hydrogen-bond donors (Lipinski definition) is 1. The summed E-state index contributed by atoms with van der Waals surface area (Å²) in [5.74, 6) is -2.56. The van der Waals surface area contributed by atoms with Crippen molar-refractivity contribution in [3.8, 4) is 0 Å². The molecule has 0 aliphatic carbocycles. The Morgan fingerprint density at radius 2 is 1.91 bits per heavy atom. The molecule has 0 spiro atoms. The minimum absolute atomic E-state index is 0.107. The highest BCUT2D eigenvalue weighted by Gasteiger charge is 2.01. The summed E-state index contributed by atoms with van der Waals surface area (Å²) in [6.45, 7) is 0. The topological polar surface area (TPSA) is 106 Å². The van der Waals surface area contributed by atoms with Gasteiger partial charge in [0, 0.05) is 12.0 Å². The highest BCUT2D eigenvalue weighted by Crippen LogP contribution is 1.96. The van der Waals surface area contributed by atoms with Gasteiger partial charge in [0.1, 0.15) is 0 Å². The van der Waals surface area contributed by atoms with Crippen molar-refractivity contribution in [2.24, 2.45) is 5.73 Å². The summed E-state index contributed by atoms with van der Waals surface area (Å²) >= 11 is 0. The fraction of sp³-hybridized carbons (Fsp3) is 0.667. The van der Waals surface area contributed by atoms with Gasteiger partial charge in [0.2, 0.25) is 0 Å². The van der Waals surface area contributed by atoms with E-state index in [1.165, 1.54) is 0 Å². The first kappa shape index (κ1) is 9.90. The second-order valence-corrected chi connectivity index (χ2v) is 2.19. The van der Waals surface area contributed by atoms with Crippen LogP contribution in [-0.2, 0) is 9.59 Å². The second kappa shape index (κ2) is 4.68. The van der Waals surface area contributed by atoms with Crippen molar-refractivity contribution >= 4 is 11.9 Å². The first-order chi connectivity index (χ1) is 5.04. The average molecular weight is 159 g/mol. The van der Waals surface area contributed by atoms with Crippen LogP contribution in [0.15, 0.2) is 0 Å². The van der Waals surface area contributed by atoms with Gasteiger partial charge in [-0.05, 0) is 19.3 Å². The molecule has 0 radical (unpaired) electrons. The molecule has 1 atom stereocenters. The quantitative estimate of drug-likeness (QED) is 0.459. The molecule has 5 heteroatoms. The molecular formula is C6H9NO4-2. The highest BCUT2D eigenvalue weighted by molar-refractivity contribution is 5.70. The molecule has 0 aromatic rings. The van der Waals surface area contributed by atoms with Gasteiger partial charge in [0.05, 0.1) is 5.97 Å². The lowest BCUT2D eigenvalue weighted by molar-refractivity contribution is -0.309. The standard InChI is InChI=1S/C6H11NO4/c7-4(6(10)11)2-1-3-5(8)9/h4H,1-3,7H2,(H,8,9)(H,10,11)/p-2. The van der Waals surface area contributed by atoms with E-state index in [4.69, 9.17) is 5.73 Å². The summed E-state index contributed by atoms with van der Waals surface area (Å²) in [6, 6.07) is -1.07. The van der Waals surface area contributed by atoms with Crippen LogP contribution in [0.3, 0.4) is 0 Å². The first-order valence-corrected chi connectivity index (χ1v) is 3.20. The normalized spacial score (nSPS) is 12.5. The van der Waals surface area contributed by atoms with Gasteiger partial charge in [0.15, 0.2) is 0 Å². The fourth-order valence-corrected chi connectivity index (χ4v) is 0.584. The fourth-order valence-electron chi connectivity index (χ4n) is 0.584. The number of carboxylic acids is 2. The van der Waals surface area contributed by atoms with E-state index in [-0.39, 0.29) is 19.3 Å². The molecule has 2 N–H and O–H groups in total. The number of carbonyl (C=O) groups excluding carboxylic acids is 2. The molecule has 0 aliphatic heterocycles. The van der Waals surface area contributed by atoms with Crippen LogP contribution >= 0.6 is 0 Å². The van der Waals surface area contributed by atoms with Crippen LogP contribution in [0, 0.1) is 0 Å². The van der Waals surface area contributed by atoms with Crippen molar-refractivity contribution in [3.05, 3.63) is 0 Å². The van der Waals surface area contributed by atoms with Gasteiger partial charge < -0.3 is 25.5 Å². The van der Waals surface area contributed by atoms with Crippen molar-refractivity contribution in [2.75, 3.05) is 0 Å². The predicted molar refractivity (Wildman–Crippen MR) is 31.8 cm³/mol. The Morgan fingerprint density at radius 1 is 1.36 bits per heavy atom. The van der Waals surface area contributed by atoms with Gasteiger partial charge >= 0.3 is 0 Å². The van der Waals surface area contributed by atoms with Crippen LogP contribution in [0.5, 0.6) is 0 Å². The summed E-state index contributed by atoms with van der Waals surface area (Å²) in [6.07, 6.45) is 0.148. The van der Waals surface area contributed by atoms with Crippen LogP contribution in [0.2, 0.25) is 0 Å². The maximum absolute atomic E-state index is 9.98. The predicted octanol–water partition coefficient (Wildman–Crippen LogP) is -3.02. The molecule has 1 unspecified atom stereocenters. The molecule has 0 aromatic heterocycles. The van der Waals surface area contributed by atoms with Gasteiger partial charge in [-0.3, -0.25) is 0 Å². The summed E-state index contributed by atoms with van der Waals surface area (Å²) in [4.78, 5) is 19.8. The number of carbonyl (C=O) groups is 2. The monoisotopic (exact) mass is 159 g/mol. The summed E-state index contributed by atoms with van der Waals surface area (Å²) in [5, 5.41) is 19.8. The van der Waals surface area contributed by atoms with E-state index >= 15 is 0 Å². The molecule has 0 aliphatic rings. The zero-order valence-corrected chi connectivity index (χ0v) is 5.91. The molecule has 0 aromatic carbocycles. The lowest BCUT2D eigenvalue weighted by Crippen LogP contribution is -2.41. The number of nitrogens with two attached hydrogens (primary N) is 1. The van der Waals surface area contributed by atoms with Crippen molar-refractivity contribution < 1.29 is 19.8 Å². The van der Waals surface area contributed by atoms with E-state index in [0.29, 0.717) is 0 Å². The Hall–Kier alpha value is -1.10. The Labute approximate surface area is 63.8 Å². The first-order valence-electron chi connectivity index (χ1n) is 3.20. The van der Waals surface area contributed by atoms with Crippen LogP contribution in [0.1, 0.15) is 19.3 Å². The van der Waals surface area contributed by atoms with Crippen LogP contribution in [-0.4, -0.2) is 18.0 Å². The Morgan fingerprint density at radius 3 is 2.27 bits per heavy atom. The molecular weight excluding hydrogens is 150 g/mol. The van der Waals surface area contributed by atoms with E-state index < -0.39 is 18.0 Å². The third-order valence-electron chi connectivity index (χ3n) is 1.20. The Kier molecular flexibility index (Phi) is 4.21. The van der Waals surface area contributed by atoms with Crippen molar-refractivity contribution in [3.63, 3.8) is 0 Å². The van der Waals surface area contributed by atoms with E-state index in [0.717, 1.165) is 0 Å². The molecule has 5 nitrogen and oxygen atoms in total. The minimum atomic E-state index is -1.36. The maximum Gasteiger partial charge on any atom is 0.0582 e. The van der Waals surface area contributed by atoms with E-state index in [1.807, 2.05) is 0 Å². The molecule has 11 heavy (non-hydrogen) atoms. The number of aliphatic carboxylic acids is 2. The lowest BCUT2D eigenvalue weighted by Gasteiger charge is -2.11. The summed E-state index contributed by atoms with van der Waals surface area (Å²) in [7, 11) is 0. The third kappa shape index (κ3) is 5.35. The maximum atomic E-state index is 9.98. The van der Waals surface area contributed by atoms with Gasteiger partial charge in [-0.2, -0.15) is 0 Å². The van der Waals surface area contributed by atoms with Crippen LogP contribution in [0.4, 0.5) is 0 Å². The second-order valence-electron chi connectivity index (χ2n) is 2.19. The van der Waals surface area contributed by atoms with Crippen molar-refractivity contribution in [1.82, 2.24) is 0 Å². The lowest BCUT2D eigenvalue weighted by atomic mass is 10.1. The van der Waals surface area contributed by atoms with E-state index in [1.54, 1.807) is 0 Å². The molecule has 64 valence electrons. The molecule has 0 bridgehead atoms. The van der Waals surface area contributed by atoms with Crippen molar-refractivity contribution in [1.29, 1.82) is 0 Å². The van der Waals surface area contributed by atoms with E-state index in [9.17, 15) is 19.8 Å².